The van der Waals surface area contributed by atoms with Crippen molar-refractivity contribution >= 4 is 11.9 Å². The van der Waals surface area contributed by atoms with E-state index in [9.17, 15) is 9.59 Å². The molecule has 0 radical (unpaired) electrons. The van der Waals surface area contributed by atoms with Crippen LogP contribution in [0.25, 0.3) is 0 Å². The number of carboxylic acids is 1. The molecular formula is C11H12N2O3. The monoisotopic (exact) mass is 220 g/mol. The zero-order chi connectivity index (χ0) is 12.1. The Labute approximate surface area is 93.0 Å². The Balaban J connectivity index is 2.95. The van der Waals surface area contributed by atoms with Crippen molar-refractivity contribution < 1.29 is 14.7 Å². The molecule has 0 spiro atoms. The molecule has 0 fully saturated rings. The Morgan fingerprint density at radius 1 is 1.50 bits per heavy atom. The van der Waals surface area contributed by atoms with Gasteiger partial charge in [0.05, 0.1) is 0 Å². The summed E-state index contributed by atoms with van der Waals surface area (Å²) in [6, 6.07) is 4.31. The summed E-state index contributed by atoms with van der Waals surface area (Å²) in [5.41, 5.74) is -0.0258. The molecule has 0 aliphatic heterocycles. The Kier molecular flexibility index (Phi) is 3.77. The topological polar surface area (TPSA) is 70.5 Å². The van der Waals surface area contributed by atoms with Crippen LogP contribution in [0.3, 0.4) is 0 Å². The normalized spacial score (nSPS) is 9.56. The van der Waals surface area contributed by atoms with Gasteiger partial charge in [0.2, 0.25) is 0 Å². The first-order valence-electron chi connectivity index (χ1n) is 4.63. The van der Waals surface area contributed by atoms with E-state index in [1.54, 1.807) is 13.1 Å². The predicted octanol–water partition coefficient (Wildman–Crippen LogP) is 1.04. The molecular weight excluding hydrogens is 208 g/mol. The molecule has 0 aliphatic rings. The zero-order valence-electron chi connectivity index (χ0n) is 8.88. The lowest BCUT2D eigenvalue weighted by molar-refractivity contribution is 0.0690. The van der Waals surface area contributed by atoms with Crippen LogP contribution in [-0.2, 0) is 0 Å². The van der Waals surface area contributed by atoms with Gasteiger partial charge in [-0.25, -0.2) is 9.78 Å². The minimum absolute atomic E-state index is 0.115. The maximum absolute atomic E-state index is 11.7. The first-order valence-corrected chi connectivity index (χ1v) is 4.63. The fraction of sp³-hybridized carbons (Fsp3) is 0.182. The second-order valence-electron chi connectivity index (χ2n) is 3.19. The van der Waals surface area contributed by atoms with E-state index in [0.29, 0.717) is 6.54 Å². The minimum Gasteiger partial charge on any atom is -0.477 e. The lowest BCUT2D eigenvalue weighted by atomic mass is 10.2. The molecule has 1 rings (SSSR count). The molecule has 5 heteroatoms. The van der Waals surface area contributed by atoms with Crippen LogP contribution in [0.15, 0.2) is 30.9 Å². The van der Waals surface area contributed by atoms with Crippen LogP contribution in [0.1, 0.15) is 21.0 Å². The van der Waals surface area contributed by atoms with Crippen LogP contribution in [0, 0.1) is 0 Å². The highest BCUT2D eigenvalue weighted by Crippen LogP contribution is 2.03. The first-order chi connectivity index (χ1) is 7.56. The number of carboxylic acid groups (broad SMARTS) is 1. The largest absolute Gasteiger partial charge is 0.477 e. The fourth-order valence-corrected chi connectivity index (χ4v) is 1.15. The van der Waals surface area contributed by atoms with Gasteiger partial charge in [0.1, 0.15) is 11.4 Å². The molecule has 84 valence electrons. The van der Waals surface area contributed by atoms with E-state index in [-0.39, 0.29) is 17.3 Å². The average Bonchev–Trinajstić information content (AvgIpc) is 2.28. The van der Waals surface area contributed by atoms with Crippen LogP contribution in [-0.4, -0.2) is 40.5 Å². The molecule has 0 saturated heterocycles. The summed E-state index contributed by atoms with van der Waals surface area (Å²) in [5.74, 6) is -1.48. The number of rotatable bonds is 4. The zero-order valence-corrected chi connectivity index (χ0v) is 8.88. The number of aromatic carboxylic acids is 1. The highest BCUT2D eigenvalue weighted by atomic mass is 16.4. The van der Waals surface area contributed by atoms with Crippen molar-refractivity contribution in [2.45, 2.75) is 0 Å². The molecule has 1 heterocycles. The van der Waals surface area contributed by atoms with Crippen molar-refractivity contribution in [3.8, 4) is 0 Å². The van der Waals surface area contributed by atoms with Crippen LogP contribution in [0.2, 0.25) is 0 Å². The number of hydrogen-bond acceptors (Lipinski definition) is 3. The van der Waals surface area contributed by atoms with E-state index >= 15 is 0 Å². The summed E-state index contributed by atoms with van der Waals surface area (Å²) in [6.07, 6.45) is 1.58. The van der Waals surface area contributed by atoms with Gasteiger partial charge in [0, 0.05) is 13.6 Å². The SMILES string of the molecule is C=CCN(C)C(=O)c1cccc(C(=O)O)n1. The number of pyridine rings is 1. The molecule has 0 saturated carbocycles. The molecule has 16 heavy (non-hydrogen) atoms. The van der Waals surface area contributed by atoms with Gasteiger partial charge in [0.25, 0.3) is 5.91 Å². The van der Waals surface area contributed by atoms with Crippen molar-refractivity contribution in [3.63, 3.8) is 0 Å². The average molecular weight is 220 g/mol. The molecule has 0 aliphatic carbocycles. The maximum Gasteiger partial charge on any atom is 0.354 e. The number of aromatic nitrogens is 1. The number of nitrogens with zero attached hydrogens (tertiary/aromatic N) is 2. The van der Waals surface area contributed by atoms with Crippen molar-refractivity contribution in [1.82, 2.24) is 9.88 Å². The minimum atomic E-state index is -1.15. The Hall–Kier alpha value is -2.17. The molecule has 0 aromatic carbocycles. The lowest BCUT2D eigenvalue weighted by Gasteiger charge is -2.13. The van der Waals surface area contributed by atoms with E-state index in [2.05, 4.69) is 11.6 Å². The Bertz CT molecular complexity index is 429. The van der Waals surface area contributed by atoms with Crippen LogP contribution >= 0.6 is 0 Å². The number of carbonyl (C=O) groups excluding carboxylic acids is 1. The van der Waals surface area contributed by atoms with Gasteiger partial charge in [-0.2, -0.15) is 0 Å². The van der Waals surface area contributed by atoms with E-state index in [4.69, 9.17) is 5.11 Å². The van der Waals surface area contributed by atoms with Gasteiger partial charge < -0.3 is 10.0 Å². The summed E-state index contributed by atoms with van der Waals surface area (Å²) in [5, 5.41) is 8.73. The number of hydrogen-bond donors (Lipinski definition) is 1. The highest BCUT2D eigenvalue weighted by Gasteiger charge is 2.14. The number of likely N-dealkylation sites (N-methyl/N-ethyl adjacent to an activating group) is 1. The maximum atomic E-state index is 11.7. The van der Waals surface area contributed by atoms with Crippen LogP contribution in [0.4, 0.5) is 0 Å². The fourth-order valence-electron chi connectivity index (χ4n) is 1.15. The van der Waals surface area contributed by atoms with E-state index < -0.39 is 5.97 Å². The van der Waals surface area contributed by atoms with Gasteiger partial charge in [-0.05, 0) is 12.1 Å². The van der Waals surface area contributed by atoms with Crippen molar-refractivity contribution in [3.05, 3.63) is 42.2 Å². The summed E-state index contributed by atoms with van der Waals surface area (Å²) >= 11 is 0. The smallest absolute Gasteiger partial charge is 0.354 e. The Morgan fingerprint density at radius 2 is 2.12 bits per heavy atom. The molecule has 1 aromatic rings. The van der Waals surface area contributed by atoms with Gasteiger partial charge >= 0.3 is 5.97 Å². The van der Waals surface area contributed by atoms with E-state index in [0.717, 1.165) is 0 Å². The third kappa shape index (κ3) is 2.66. The molecule has 1 amide bonds. The predicted molar refractivity (Wildman–Crippen MR) is 58.4 cm³/mol. The summed E-state index contributed by atoms with van der Waals surface area (Å²) < 4.78 is 0. The van der Waals surface area contributed by atoms with Crippen molar-refractivity contribution in [1.29, 1.82) is 0 Å². The molecule has 0 bridgehead atoms. The van der Waals surface area contributed by atoms with Gasteiger partial charge in [-0.3, -0.25) is 4.79 Å². The second-order valence-corrected chi connectivity index (χ2v) is 3.19. The first kappa shape index (κ1) is 11.9. The third-order valence-corrected chi connectivity index (χ3v) is 1.94. The summed E-state index contributed by atoms with van der Waals surface area (Å²) in [6.45, 7) is 3.90. The van der Waals surface area contributed by atoms with Gasteiger partial charge in [0.15, 0.2) is 0 Å². The molecule has 5 nitrogen and oxygen atoms in total. The van der Waals surface area contributed by atoms with Crippen molar-refractivity contribution in [2.24, 2.45) is 0 Å². The van der Waals surface area contributed by atoms with Crippen LogP contribution < -0.4 is 0 Å². The molecule has 1 aromatic heterocycles. The number of carbonyl (C=O) groups is 2. The van der Waals surface area contributed by atoms with Crippen LogP contribution in [0.5, 0.6) is 0 Å². The van der Waals surface area contributed by atoms with Crippen molar-refractivity contribution in [2.75, 3.05) is 13.6 Å². The quantitative estimate of drug-likeness (QED) is 0.769. The highest BCUT2D eigenvalue weighted by molar-refractivity contribution is 5.94. The second kappa shape index (κ2) is 5.06. The molecule has 0 atom stereocenters. The Morgan fingerprint density at radius 3 is 2.69 bits per heavy atom. The molecule has 0 unspecified atom stereocenters. The van der Waals surface area contributed by atoms with Gasteiger partial charge in [-0.1, -0.05) is 12.1 Å². The third-order valence-electron chi connectivity index (χ3n) is 1.94. The summed E-state index contributed by atoms with van der Waals surface area (Å²) in [4.78, 5) is 27.6. The van der Waals surface area contributed by atoms with E-state index in [1.807, 2.05) is 0 Å². The standard InChI is InChI=1S/C11H12N2O3/c1-3-7-13(2)10(14)8-5-4-6-9(12-8)11(15)16/h3-6H,1,7H2,2H3,(H,15,16). The molecule has 1 N–H and O–H groups in total. The lowest BCUT2D eigenvalue weighted by Crippen LogP contribution is -2.27. The summed E-state index contributed by atoms with van der Waals surface area (Å²) in [7, 11) is 1.60. The number of amides is 1. The van der Waals surface area contributed by atoms with Gasteiger partial charge in [-0.15, -0.1) is 6.58 Å². The van der Waals surface area contributed by atoms with E-state index in [1.165, 1.54) is 23.1 Å².